The number of carbonyl (C=O) groups excluding carboxylic acids is 2. The number of urea groups is 1. The molecule has 0 radical (unpaired) electrons. The van der Waals surface area contributed by atoms with Crippen LogP contribution in [0, 0.1) is 11.8 Å². The Morgan fingerprint density at radius 2 is 2.04 bits per heavy atom. The van der Waals surface area contributed by atoms with Gasteiger partial charge in [0, 0.05) is 19.3 Å². The maximum atomic E-state index is 12.9. The number of carbonyl (C=O) groups is 3. The molecule has 8 nitrogen and oxygen atoms in total. The van der Waals surface area contributed by atoms with Gasteiger partial charge in [-0.1, -0.05) is 19.3 Å². The van der Waals surface area contributed by atoms with Crippen LogP contribution in [0.25, 0.3) is 0 Å². The third kappa shape index (κ3) is 3.81. The van der Waals surface area contributed by atoms with E-state index in [2.05, 4.69) is 4.98 Å². The lowest BCUT2D eigenvalue weighted by Gasteiger charge is -2.46. The number of imide groups is 1. The Morgan fingerprint density at radius 1 is 1.36 bits per heavy atom. The van der Waals surface area contributed by atoms with E-state index in [1.807, 2.05) is 6.92 Å². The van der Waals surface area contributed by atoms with Gasteiger partial charge in [-0.25, -0.2) is 19.5 Å². The van der Waals surface area contributed by atoms with Crippen molar-refractivity contribution in [3.63, 3.8) is 0 Å². The number of likely N-dealkylation sites (tertiary alicyclic amines) is 1. The van der Waals surface area contributed by atoms with Crippen molar-refractivity contribution < 1.29 is 19.5 Å². The van der Waals surface area contributed by atoms with Gasteiger partial charge in [0.05, 0.1) is 5.92 Å². The summed E-state index contributed by atoms with van der Waals surface area (Å²) in [6.07, 6.45) is 7.36. The summed E-state index contributed by atoms with van der Waals surface area (Å²) in [5, 5.41) is 9.64. The number of aliphatic carboxylic acids is 1. The Hall–Kier alpha value is -2.64. The summed E-state index contributed by atoms with van der Waals surface area (Å²) < 4.78 is 0. The van der Waals surface area contributed by atoms with E-state index < -0.39 is 29.9 Å². The zero-order chi connectivity index (χ0) is 20.4. The Morgan fingerprint density at radius 3 is 2.64 bits per heavy atom. The van der Waals surface area contributed by atoms with Gasteiger partial charge in [0.1, 0.15) is 5.82 Å². The Kier molecular flexibility index (Phi) is 5.86. The second-order valence-electron chi connectivity index (χ2n) is 7.92. The fourth-order valence-corrected chi connectivity index (χ4v) is 4.40. The van der Waals surface area contributed by atoms with Crippen LogP contribution in [0.2, 0.25) is 0 Å². The van der Waals surface area contributed by atoms with Crippen LogP contribution in [-0.4, -0.2) is 56.9 Å². The molecule has 3 amide bonds. The monoisotopic (exact) mass is 388 g/mol. The lowest BCUT2D eigenvalue weighted by atomic mass is 9.82. The molecule has 28 heavy (non-hydrogen) atoms. The predicted molar refractivity (Wildman–Crippen MR) is 103 cm³/mol. The van der Waals surface area contributed by atoms with Gasteiger partial charge in [0.2, 0.25) is 5.91 Å². The maximum absolute atomic E-state index is 12.9. The molecule has 1 aliphatic heterocycles. The lowest BCUT2D eigenvalue weighted by Crippen LogP contribution is -2.69. The molecule has 3 N–H and O–H groups in total. The van der Waals surface area contributed by atoms with Gasteiger partial charge in [0.25, 0.3) is 0 Å². The first kappa shape index (κ1) is 20.1. The molecule has 1 aliphatic carbocycles. The van der Waals surface area contributed by atoms with E-state index in [-0.39, 0.29) is 12.5 Å². The number of aromatic nitrogens is 1. The molecule has 2 heterocycles. The topological polar surface area (TPSA) is 117 Å². The van der Waals surface area contributed by atoms with E-state index in [0.717, 1.165) is 36.1 Å². The number of amides is 3. The standard InChI is InChI=1S/C20H28N4O4/c1-12(14-6-4-3-5-7-14)23(2)20(28)24-17(19(26)27)15(18(24)25)10-13-8-9-22-16(21)11-13/h8-9,11-12,14-15,17H,3-7,10H2,1-2H3,(H2,21,22)(H,26,27)/t12-,15-,17+/m1/s1. The lowest BCUT2D eigenvalue weighted by molar-refractivity contribution is -0.166. The van der Waals surface area contributed by atoms with Crippen molar-refractivity contribution in [2.45, 2.75) is 57.5 Å². The van der Waals surface area contributed by atoms with Crippen LogP contribution in [0.3, 0.4) is 0 Å². The van der Waals surface area contributed by atoms with Crippen molar-refractivity contribution in [1.29, 1.82) is 0 Å². The highest BCUT2D eigenvalue weighted by Crippen LogP contribution is 2.34. The number of nitrogen functional groups attached to an aromatic ring is 1. The molecule has 8 heteroatoms. The molecule has 0 spiro atoms. The van der Waals surface area contributed by atoms with Crippen molar-refractivity contribution in [3.8, 4) is 0 Å². The molecule has 1 aromatic rings. The minimum atomic E-state index is -1.17. The summed E-state index contributed by atoms with van der Waals surface area (Å²) in [4.78, 5) is 43.7. The van der Waals surface area contributed by atoms with Crippen molar-refractivity contribution in [2.75, 3.05) is 12.8 Å². The molecule has 2 fully saturated rings. The van der Waals surface area contributed by atoms with Gasteiger partial charge in [0.15, 0.2) is 6.04 Å². The fourth-order valence-electron chi connectivity index (χ4n) is 4.40. The number of hydrogen-bond acceptors (Lipinski definition) is 5. The molecular weight excluding hydrogens is 360 g/mol. The van der Waals surface area contributed by atoms with E-state index in [9.17, 15) is 19.5 Å². The molecule has 3 rings (SSSR count). The Balaban J connectivity index is 1.71. The number of hydrogen-bond donors (Lipinski definition) is 2. The van der Waals surface area contributed by atoms with Gasteiger partial charge in [-0.05, 0) is 49.8 Å². The van der Waals surface area contributed by atoms with Crippen LogP contribution in [0.15, 0.2) is 18.3 Å². The fraction of sp³-hybridized carbons (Fsp3) is 0.600. The molecular formula is C20H28N4O4. The van der Waals surface area contributed by atoms with Crippen molar-refractivity contribution >= 4 is 23.7 Å². The largest absolute Gasteiger partial charge is 0.480 e. The summed E-state index contributed by atoms with van der Waals surface area (Å²) in [6.45, 7) is 1.98. The van der Waals surface area contributed by atoms with Gasteiger partial charge in [-0.15, -0.1) is 0 Å². The number of carboxylic acid groups (broad SMARTS) is 1. The number of nitrogens with two attached hydrogens (primary N) is 1. The van der Waals surface area contributed by atoms with Crippen molar-refractivity contribution in [3.05, 3.63) is 23.9 Å². The number of nitrogens with zero attached hydrogens (tertiary/aromatic N) is 3. The minimum Gasteiger partial charge on any atom is -0.480 e. The number of rotatable bonds is 5. The predicted octanol–water partition coefficient (Wildman–Crippen LogP) is 2.14. The SMILES string of the molecule is C[C@H](C1CCCCC1)N(C)C(=O)N1C(=O)[C@H](Cc2ccnc(N)c2)[C@H]1C(=O)O. The minimum absolute atomic E-state index is 0.0332. The molecule has 0 aromatic carbocycles. The Bertz CT molecular complexity index is 762. The molecule has 0 bridgehead atoms. The molecule has 1 aromatic heterocycles. The normalized spacial score (nSPS) is 23.8. The second-order valence-corrected chi connectivity index (χ2v) is 7.92. The smallest absolute Gasteiger partial charge is 0.327 e. The highest BCUT2D eigenvalue weighted by atomic mass is 16.4. The molecule has 0 unspecified atom stereocenters. The van der Waals surface area contributed by atoms with Crippen LogP contribution in [0.1, 0.15) is 44.6 Å². The first-order valence-electron chi connectivity index (χ1n) is 9.84. The van der Waals surface area contributed by atoms with E-state index in [0.29, 0.717) is 11.7 Å². The van der Waals surface area contributed by atoms with Crippen LogP contribution < -0.4 is 5.73 Å². The average Bonchev–Trinajstić information content (AvgIpc) is 2.68. The molecule has 1 saturated carbocycles. The quantitative estimate of drug-likeness (QED) is 0.747. The van der Waals surface area contributed by atoms with Gasteiger partial charge in [-0.3, -0.25) is 4.79 Å². The van der Waals surface area contributed by atoms with E-state index in [1.165, 1.54) is 17.5 Å². The van der Waals surface area contributed by atoms with Crippen LogP contribution in [-0.2, 0) is 16.0 Å². The highest BCUT2D eigenvalue weighted by Gasteiger charge is 2.55. The maximum Gasteiger partial charge on any atom is 0.327 e. The highest BCUT2D eigenvalue weighted by molar-refractivity contribution is 6.07. The summed E-state index contributed by atoms with van der Waals surface area (Å²) in [6, 6.07) is 1.60. The van der Waals surface area contributed by atoms with Crippen LogP contribution in [0.5, 0.6) is 0 Å². The third-order valence-electron chi connectivity index (χ3n) is 6.22. The molecule has 3 atom stereocenters. The molecule has 2 aliphatic rings. The van der Waals surface area contributed by atoms with Crippen molar-refractivity contribution in [1.82, 2.24) is 14.8 Å². The summed E-state index contributed by atoms with van der Waals surface area (Å²) in [7, 11) is 1.66. The summed E-state index contributed by atoms with van der Waals surface area (Å²) in [5.41, 5.74) is 6.39. The van der Waals surface area contributed by atoms with E-state index in [4.69, 9.17) is 5.73 Å². The van der Waals surface area contributed by atoms with Gasteiger partial charge >= 0.3 is 12.0 Å². The second kappa shape index (κ2) is 8.16. The number of anilines is 1. The molecule has 1 saturated heterocycles. The first-order chi connectivity index (χ1) is 13.3. The number of pyridine rings is 1. The summed E-state index contributed by atoms with van der Waals surface area (Å²) in [5.74, 6) is -1.70. The zero-order valence-corrected chi connectivity index (χ0v) is 16.4. The summed E-state index contributed by atoms with van der Waals surface area (Å²) >= 11 is 0. The third-order valence-corrected chi connectivity index (χ3v) is 6.22. The average molecular weight is 388 g/mol. The van der Waals surface area contributed by atoms with Gasteiger partial charge in [-0.2, -0.15) is 0 Å². The number of β-lactam (4-membered cyclic amide) rings is 1. The van der Waals surface area contributed by atoms with Crippen molar-refractivity contribution in [2.24, 2.45) is 11.8 Å². The first-order valence-corrected chi connectivity index (χ1v) is 9.84. The van der Waals surface area contributed by atoms with E-state index >= 15 is 0 Å². The molecule has 152 valence electrons. The van der Waals surface area contributed by atoms with E-state index in [1.54, 1.807) is 19.2 Å². The van der Waals surface area contributed by atoms with Crippen LogP contribution >= 0.6 is 0 Å². The van der Waals surface area contributed by atoms with Crippen LogP contribution in [0.4, 0.5) is 10.6 Å². The Labute approximate surface area is 164 Å². The van der Waals surface area contributed by atoms with Gasteiger partial charge < -0.3 is 15.7 Å². The number of carboxylic acids is 1. The zero-order valence-electron chi connectivity index (χ0n) is 16.4.